The monoisotopic (exact) mass is 452 g/mol. The van der Waals surface area contributed by atoms with Crippen LogP contribution < -0.4 is 10.5 Å². The van der Waals surface area contributed by atoms with Gasteiger partial charge in [0.25, 0.3) is 0 Å². The highest BCUT2D eigenvalue weighted by atomic mass is 32.2. The van der Waals surface area contributed by atoms with Crippen molar-refractivity contribution in [1.29, 1.82) is 0 Å². The molecule has 0 radical (unpaired) electrons. The molecule has 1 spiro atoms. The van der Waals surface area contributed by atoms with E-state index in [4.69, 9.17) is 10.5 Å². The van der Waals surface area contributed by atoms with Gasteiger partial charge in [0, 0.05) is 24.7 Å². The van der Waals surface area contributed by atoms with Crippen LogP contribution in [0.1, 0.15) is 46.0 Å². The highest BCUT2D eigenvalue weighted by Crippen LogP contribution is 2.47. The molecule has 0 unspecified atom stereocenters. The Bertz CT molecular complexity index is 904. The lowest BCUT2D eigenvalue weighted by atomic mass is 9.70. The largest absolute Gasteiger partial charge is 0.489 e. The smallest absolute Gasteiger partial charge is 0.229 e. The van der Waals surface area contributed by atoms with Gasteiger partial charge in [0.15, 0.2) is 9.84 Å². The molecule has 1 aromatic rings. The minimum atomic E-state index is -3.43. The van der Waals surface area contributed by atoms with Crippen LogP contribution in [-0.2, 0) is 14.6 Å². The zero-order valence-corrected chi connectivity index (χ0v) is 19.2. The number of sulfone groups is 1. The van der Waals surface area contributed by atoms with E-state index in [2.05, 4.69) is 0 Å². The Hall–Kier alpha value is -1.93. The molecule has 6 nitrogen and oxygen atoms in total. The van der Waals surface area contributed by atoms with Crippen molar-refractivity contribution in [3.63, 3.8) is 0 Å². The highest BCUT2D eigenvalue weighted by Gasteiger charge is 2.49. The SMILES string of the molecule is CC(C)N1CC[C@]2(CC[C@H](CS(=O)(=O)c3ccc(OC/C(=C/F)CN)cc3)CC2)C1=O. The van der Waals surface area contributed by atoms with E-state index < -0.39 is 9.84 Å². The molecule has 0 aromatic heterocycles. The van der Waals surface area contributed by atoms with Gasteiger partial charge in [-0.05, 0) is 76.1 Å². The van der Waals surface area contributed by atoms with Crippen LogP contribution in [0.15, 0.2) is 41.1 Å². The van der Waals surface area contributed by atoms with Gasteiger partial charge >= 0.3 is 0 Å². The first-order chi connectivity index (χ1) is 14.7. The normalized spacial score (nSPS) is 24.9. The van der Waals surface area contributed by atoms with E-state index in [0.717, 1.165) is 38.6 Å². The summed E-state index contributed by atoms with van der Waals surface area (Å²) in [6, 6.07) is 6.42. The second-order valence-corrected chi connectivity index (χ2v) is 11.1. The summed E-state index contributed by atoms with van der Waals surface area (Å²) in [7, 11) is -3.43. The second kappa shape index (κ2) is 9.69. The Labute approximate surface area is 184 Å². The predicted molar refractivity (Wildman–Crippen MR) is 118 cm³/mol. The van der Waals surface area contributed by atoms with Crippen molar-refractivity contribution in [1.82, 2.24) is 4.90 Å². The Balaban J connectivity index is 1.56. The molecule has 1 amide bonds. The van der Waals surface area contributed by atoms with Gasteiger partial charge in [0.05, 0.1) is 22.4 Å². The summed E-state index contributed by atoms with van der Waals surface area (Å²) >= 11 is 0. The fourth-order valence-corrected chi connectivity index (χ4v) is 6.36. The summed E-state index contributed by atoms with van der Waals surface area (Å²) in [6.07, 6.45) is 4.37. The molecule has 8 heteroatoms. The zero-order valence-electron chi connectivity index (χ0n) is 18.3. The van der Waals surface area contributed by atoms with E-state index in [9.17, 15) is 17.6 Å². The molecule has 2 N–H and O–H groups in total. The first kappa shape index (κ1) is 23.7. The number of hydrogen-bond donors (Lipinski definition) is 1. The van der Waals surface area contributed by atoms with Gasteiger partial charge in [-0.1, -0.05) is 0 Å². The lowest BCUT2D eigenvalue weighted by Crippen LogP contribution is -2.40. The summed E-state index contributed by atoms with van der Waals surface area (Å²) < 4.78 is 43.8. The van der Waals surface area contributed by atoms with Crippen LogP contribution >= 0.6 is 0 Å². The van der Waals surface area contributed by atoms with Gasteiger partial charge in [0.2, 0.25) is 5.91 Å². The number of carbonyl (C=O) groups is 1. The van der Waals surface area contributed by atoms with E-state index in [-0.39, 0.29) is 47.1 Å². The van der Waals surface area contributed by atoms with Crippen LogP contribution in [0.2, 0.25) is 0 Å². The quantitative estimate of drug-likeness (QED) is 0.652. The standard InChI is InChI=1S/C23H33FN2O4S/c1-17(2)26-12-11-23(22(26)27)9-7-18(8-10-23)16-31(28,29)21-5-3-20(4-6-21)30-15-19(13-24)14-25/h3-6,13,17-18H,7-12,14-16,25H2,1-2H3/b19-13+/t18-,23+. The van der Waals surface area contributed by atoms with Gasteiger partial charge in [0.1, 0.15) is 12.4 Å². The maximum atomic E-state index is 12.9. The second-order valence-electron chi connectivity index (χ2n) is 9.08. The fraction of sp³-hybridized carbons (Fsp3) is 0.609. The Morgan fingerprint density at radius 2 is 1.90 bits per heavy atom. The number of benzene rings is 1. The van der Waals surface area contributed by atoms with Crippen LogP contribution in [0, 0.1) is 11.3 Å². The lowest BCUT2D eigenvalue weighted by molar-refractivity contribution is -0.139. The number of nitrogens with zero attached hydrogens (tertiary/aromatic N) is 1. The van der Waals surface area contributed by atoms with E-state index in [1.165, 1.54) is 12.1 Å². The van der Waals surface area contributed by atoms with Gasteiger partial charge in [-0.3, -0.25) is 4.79 Å². The summed E-state index contributed by atoms with van der Waals surface area (Å²) in [5, 5.41) is 0. The van der Waals surface area contributed by atoms with Gasteiger partial charge < -0.3 is 15.4 Å². The molecule has 1 heterocycles. The van der Waals surface area contributed by atoms with E-state index in [1.54, 1.807) is 12.1 Å². The number of amides is 1. The maximum Gasteiger partial charge on any atom is 0.229 e. The van der Waals surface area contributed by atoms with E-state index in [0.29, 0.717) is 17.7 Å². The van der Waals surface area contributed by atoms with Crippen LogP contribution in [-0.4, -0.2) is 50.7 Å². The third-order valence-corrected chi connectivity index (χ3v) is 8.61. The molecule has 1 aromatic carbocycles. The van der Waals surface area contributed by atoms with Gasteiger partial charge in [-0.15, -0.1) is 0 Å². The van der Waals surface area contributed by atoms with E-state index in [1.807, 2.05) is 18.7 Å². The molecule has 3 rings (SSSR count). The molecule has 2 aliphatic rings. The number of halogens is 1. The van der Waals surface area contributed by atoms with Crippen molar-refractivity contribution in [2.24, 2.45) is 17.1 Å². The van der Waals surface area contributed by atoms with Crippen molar-refractivity contribution < 1.29 is 22.3 Å². The molecule has 1 saturated carbocycles. The van der Waals surface area contributed by atoms with Crippen molar-refractivity contribution in [2.75, 3.05) is 25.4 Å². The summed E-state index contributed by atoms with van der Waals surface area (Å²) in [4.78, 5) is 15.1. The number of carbonyl (C=O) groups excluding carboxylic acids is 1. The van der Waals surface area contributed by atoms with E-state index >= 15 is 0 Å². The first-order valence-electron chi connectivity index (χ1n) is 11.0. The molecule has 1 aliphatic carbocycles. The first-order valence-corrected chi connectivity index (χ1v) is 12.6. The summed E-state index contributed by atoms with van der Waals surface area (Å²) in [5.74, 6) is 0.864. The van der Waals surface area contributed by atoms with Crippen molar-refractivity contribution in [3.8, 4) is 5.75 Å². The third kappa shape index (κ3) is 5.29. The summed E-state index contributed by atoms with van der Waals surface area (Å²) in [6.45, 7) is 4.98. The van der Waals surface area contributed by atoms with Crippen LogP contribution in [0.5, 0.6) is 5.75 Å². The van der Waals surface area contributed by atoms with Crippen LogP contribution in [0.25, 0.3) is 0 Å². The zero-order chi connectivity index (χ0) is 22.6. The molecule has 31 heavy (non-hydrogen) atoms. The van der Waals surface area contributed by atoms with Crippen LogP contribution in [0.3, 0.4) is 0 Å². The number of rotatable bonds is 8. The number of ether oxygens (including phenoxy) is 1. The average Bonchev–Trinajstić information content (AvgIpc) is 3.07. The molecule has 0 bridgehead atoms. The number of hydrogen-bond acceptors (Lipinski definition) is 5. The fourth-order valence-electron chi connectivity index (χ4n) is 4.66. The third-order valence-electron chi connectivity index (χ3n) is 6.71. The Morgan fingerprint density at radius 1 is 1.26 bits per heavy atom. The Morgan fingerprint density at radius 3 is 2.42 bits per heavy atom. The van der Waals surface area contributed by atoms with Gasteiger partial charge in [-0.25, -0.2) is 12.8 Å². The predicted octanol–water partition coefficient (Wildman–Crippen LogP) is 3.47. The molecular formula is C23H33FN2O4S. The Kier molecular flexibility index (Phi) is 7.42. The van der Waals surface area contributed by atoms with Crippen molar-refractivity contribution in [2.45, 2.75) is 56.9 Å². The molecule has 0 atom stereocenters. The average molecular weight is 453 g/mol. The molecule has 2 fully saturated rings. The maximum absolute atomic E-state index is 12.9. The van der Waals surface area contributed by atoms with Gasteiger partial charge in [-0.2, -0.15) is 0 Å². The summed E-state index contributed by atoms with van der Waals surface area (Å²) in [5.41, 5.74) is 5.44. The highest BCUT2D eigenvalue weighted by molar-refractivity contribution is 7.91. The van der Waals surface area contributed by atoms with Crippen molar-refractivity contribution in [3.05, 3.63) is 36.2 Å². The molecule has 172 valence electrons. The van der Waals surface area contributed by atoms with Crippen molar-refractivity contribution >= 4 is 15.7 Å². The molecule has 1 saturated heterocycles. The number of nitrogens with two attached hydrogens (primary N) is 1. The molecule has 1 aliphatic heterocycles. The number of likely N-dealkylation sites (tertiary alicyclic amines) is 1. The topological polar surface area (TPSA) is 89.7 Å². The minimum absolute atomic E-state index is 0.0237. The lowest BCUT2D eigenvalue weighted by Gasteiger charge is -2.36. The van der Waals surface area contributed by atoms with Crippen LogP contribution in [0.4, 0.5) is 4.39 Å². The molecular weight excluding hydrogens is 419 g/mol. The minimum Gasteiger partial charge on any atom is -0.489 e.